The van der Waals surface area contributed by atoms with Crippen LogP contribution in [-0.4, -0.2) is 21.1 Å². The first-order chi connectivity index (χ1) is 7.84. The smallest absolute Gasteiger partial charge is 0.250 e. The quantitative estimate of drug-likeness (QED) is 0.816. The van der Waals surface area contributed by atoms with Crippen molar-refractivity contribution in [1.82, 2.24) is 15.2 Å². The number of pyridine rings is 1. The topological polar surface area (TPSA) is 67.8 Å². The van der Waals surface area contributed by atoms with Crippen LogP contribution in [0, 0.1) is 0 Å². The van der Waals surface area contributed by atoms with E-state index in [4.69, 9.17) is 0 Å². The Balaban J connectivity index is 1.95. The Kier molecular flexibility index (Phi) is 3.35. The van der Waals surface area contributed by atoms with Gasteiger partial charge >= 0.3 is 0 Å². The molecule has 0 spiro atoms. The summed E-state index contributed by atoms with van der Waals surface area (Å²) in [6.07, 6.45) is 6.47. The van der Waals surface area contributed by atoms with Gasteiger partial charge in [0.1, 0.15) is 5.51 Å². The van der Waals surface area contributed by atoms with E-state index in [-0.39, 0.29) is 5.91 Å². The molecule has 0 radical (unpaired) electrons. The number of anilines is 1. The maximum Gasteiger partial charge on any atom is 0.250 e. The lowest BCUT2D eigenvalue weighted by molar-refractivity contribution is -0.111. The molecule has 0 aliphatic heterocycles. The Hall–Kier alpha value is -2.08. The Morgan fingerprint density at radius 2 is 2.44 bits per heavy atom. The van der Waals surface area contributed by atoms with Gasteiger partial charge in [-0.1, -0.05) is 17.4 Å². The van der Waals surface area contributed by atoms with E-state index in [1.807, 2.05) is 12.1 Å². The first-order valence-electron chi connectivity index (χ1n) is 4.50. The number of carbonyl (C=O) groups is 1. The van der Waals surface area contributed by atoms with Gasteiger partial charge in [0.2, 0.25) is 11.0 Å². The van der Waals surface area contributed by atoms with Gasteiger partial charge in [0, 0.05) is 18.5 Å². The molecule has 80 valence electrons. The zero-order valence-electron chi connectivity index (χ0n) is 8.20. The molecule has 2 rings (SSSR count). The summed E-state index contributed by atoms with van der Waals surface area (Å²) in [5.74, 6) is -0.236. The molecule has 1 N–H and O–H groups in total. The number of hydrogen-bond donors (Lipinski definition) is 1. The van der Waals surface area contributed by atoms with Crippen LogP contribution in [0.2, 0.25) is 0 Å². The number of nitrogens with zero attached hydrogens (tertiary/aromatic N) is 3. The van der Waals surface area contributed by atoms with Crippen LogP contribution in [0.1, 0.15) is 5.56 Å². The van der Waals surface area contributed by atoms with Crippen LogP contribution < -0.4 is 5.32 Å². The summed E-state index contributed by atoms with van der Waals surface area (Å²) >= 11 is 1.27. The predicted molar refractivity (Wildman–Crippen MR) is 61.8 cm³/mol. The van der Waals surface area contributed by atoms with Crippen molar-refractivity contribution >= 4 is 28.5 Å². The van der Waals surface area contributed by atoms with Gasteiger partial charge in [-0.15, -0.1) is 10.2 Å². The van der Waals surface area contributed by atoms with E-state index in [1.165, 1.54) is 17.4 Å². The zero-order valence-corrected chi connectivity index (χ0v) is 9.02. The van der Waals surface area contributed by atoms with Crippen molar-refractivity contribution in [1.29, 1.82) is 0 Å². The molecule has 0 saturated heterocycles. The van der Waals surface area contributed by atoms with Crippen LogP contribution in [0.3, 0.4) is 0 Å². The second-order valence-corrected chi connectivity index (χ2v) is 3.69. The summed E-state index contributed by atoms with van der Waals surface area (Å²) < 4.78 is 0. The van der Waals surface area contributed by atoms with Gasteiger partial charge in [-0.25, -0.2) is 0 Å². The van der Waals surface area contributed by atoms with E-state index >= 15 is 0 Å². The van der Waals surface area contributed by atoms with Gasteiger partial charge < -0.3 is 0 Å². The van der Waals surface area contributed by atoms with E-state index in [9.17, 15) is 4.79 Å². The van der Waals surface area contributed by atoms with Crippen LogP contribution in [0.4, 0.5) is 5.13 Å². The average molecular weight is 232 g/mol. The highest BCUT2D eigenvalue weighted by Crippen LogP contribution is 2.08. The van der Waals surface area contributed by atoms with E-state index in [2.05, 4.69) is 20.5 Å². The molecule has 0 atom stereocenters. The highest BCUT2D eigenvalue weighted by atomic mass is 32.1. The van der Waals surface area contributed by atoms with Crippen LogP contribution in [-0.2, 0) is 4.79 Å². The Labute approximate surface area is 95.9 Å². The van der Waals surface area contributed by atoms with Gasteiger partial charge in [-0.05, 0) is 17.7 Å². The van der Waals surface area contributed by atoms with Crippen LogP contribution >= 0.6 is 11.3 Å². The fraction of sp³-hybridized carbons (Fsp3) is 0. The monoisotopic (exact) mass is 232 g/mol. The second-order valence-electron chi connectivity index (χ2n) is 2.85. The van der Waals surface area contributed by atoms with E-state index in [1.54, 1.807) is 24.0 Å². The maximum atomic E-state index is 11.4. The van der Waals surface area contributed by atoms with Gasteiger partial charge in [0.25, 0.3) is 0 Å². The molecule has 0 aliphatic rings. The SMILES string of the molecule is O=C(/C=C\c1cccnc1)Nc1nncs1. The van der Waals surface area contributed by atoms with Gasteiger partial charge in [0.15, 0.2) is 0 Å². The molecular weight excluding hydrogens is 224 g/mol. The summed E-state index contributed by atoms with van der Waals surface area (Å²) in [6.45, 7) is 0. The molecule has 0 aliphatic carbocycles. The third kappa shape index (κ3) is 2.96. The summed E-state index contributed by atoms with van der Waals surface area (Å²) in [4.78, 5) is 15.3. The standard InChI is InChI=1S/C10H8N4OS/c15-9(13-10-14-12-7-16-10)4-3-8-2-1-5-11-6-8/h1-7H,(H,13,14,15)/b4-3-. The highest BCUT2D eigenvalue weighted by Gasteiger charge is 1.99. The molecule has 1 amide bonds. The molecule has 2 aromatic rings. The summed E-state index contributed by atoms with van der Waals surface area (Å²) in [7, 11) is 0. The van der Waals surface area contributed by atoms with Crippen molar-refractivity contribution in [3.05, 3.63) is 41.7 Å². The largest absolute Gasteiger partial charge is 0.297 e. The van der Waals surface area contributed by atoms with E-state index < -0.39 is 0 Å². The first-order valence-corrected chi connectivity index (χ1v) is 5.38. The Morgan fingerprint density at radius 3 is 3.12 bits per heavy atom. The molecule has 0 aromatic carbocycles. The number of rotatable bonds is 3. The number of carbonyl (C=O) groups excluding carboxylic acids is 1. The van der Waals surface area contributed by atoms with Crippen molar-refractivity contribution in [2.24, 2.45) is 0 Å². The first kappa shape index (κ1) is 10.4. The van der Waals surface area contributed by atoms with Crippen molar-refractivity contribution < 1.29 is 4.79 Å². The summed E-state index contributed by atoms with van der Waals surface area (Å²) in [5.41, 5.74) is 2.43. The number of hydrogen-bond acceptors (Lipinski definition) is 5. The fourth-order valence-corrected chi connectivity index (χ4v) is 1.47. The Morgan fingerprint density at radius 1 is 1.50 bits per heavy atom. The number of nitrogens with one attached hydrogen (secondary N) is 1. The molecule has 0 fully saturated rings. The lowest BCUT2D eigenvalue weighted by Crippen LogP contribution is -2.07. The van der Waals surface area contributed by atoms with E-state index in [0.29, 0.717) is 5.13 Å². The van der Waals surface area contributed by atoms with Gasteiger partial charge in [-0.3, -0.25) is 15.1 Å². The van der Waals surface area contributed by atoms with Gasteiger partial charge in [0.05, 0.1) is 0 Å². The third-order valence-corrected chi connectivity index (χ3v) is 2.31. The molecular formula is C10H8N4OS. The van der Waals surface area contributed by atoms with Crippen LogP contribution in [0.25, 0.3) is 6.08 Å². The minimum Gasteiger partial charge on any atom is -0.297 e. The second kappa shape index (κ2) is 5.13. The summed E-state index contributed by atoms with van der Waals surface area (Å²) in [6, 6.07) is 3.67. The number of amides is 1. The molecule has 2 heterocycles. The third-order valence-electron chi connectivity index (χ3n) is 1.70. The molecule has 0 saturated carbocycles. The Bertz CT molecular complexity index is 481. The minimum absolute atomic E-state index is 0.236. The zero-order chi connectivity index (χ0) is 11.2. The highest BCUT2D eigenvalue weighted by molar-refractivity contribution is 7.13. The fourth-order valence-electron chi connectivity index (χ4n) is 1.02. The molecule has 0 unspecified atom stereocenters. The lowest BCUT2D eigenvalue weighted by atomic mass is 10.2. The van der Waals surface area contributed by atoms with E-state index in [0.717, 1.165) is 5.56 Å². The van der Waals surface area contributed by atoms with Crippen molar-refractivity contribution in [2.45, 2.75) is 0 Å². The van der Waals surface area contributed by atoms with Gasteiger partial charge in [-0.2, -0.15) is 0 Å². The van der Waals surface area contributed by atoms with Crippen molar-refractivity contribution in [2.75, 3.05) is 5.32 Å². The van der Waals surface area contributed by atoms with Crippen LogP contribution in [0.15, 0.2) is 36.1 Å². The number of aromatic nitrogens is 3. The molecule has 16 heavy (non-hydrogen) atoms. The maximum absolute atomic E-state index is 11.4. The minimum atomic E-state index is -0.236. The molecule has 2 aromatic heterocycles. The summed E-state index contributed by atoms with van der Waals surface area (Å²) in [5, 5.41) is 10.4. The average Bonchev–Trinajstić information content (AvgIpc) is 2.81. The lowest BCUT2D eigenvalue weighted by Gasteiger charge is -1.94. The molecule has 6 heteroatoms. The normalized spacial score (nSPS) is 10.5. The molecule has 5 nitrogen and oxygen atoms in total. The van der Waals surface area contributed by atoms with Crippen LogP contribution in [0.5, 0.6) is 0 Å². The van der Waals surface area contributed by atoms with Crippen molar-refractivity contribution in [3.63, 3.8) is 0 Å². The predicted octanol–water partition coefficient (Wildman–Crippen LogP) is 1.58. The molecule has 0 bridgehead atoms. The van der Waals surface area contributed by atoms with Crippen molar-refractivity contribution in [3.8, 4) is 0 Å².